The molecule has 1 aliphatic heterocycles. The molecule has 0 aromatic carbocycles. The summed E-state index contributed by atoms with van der Waals surface area (Å²) in [5.41, 5.74) is 2.00. The first-order chi connectivity index (χ1) is 11.6. The zero-order valence-electron chi connectivity index (χ0n) is 13.6. The molecule has 0 unspecified atom stereocenters. The van der Waals surface area contributed by atoms with Crippen molar-refractivity contribution in [1.29, 1.82) is 0 Å². The summed E-state index contributed by atoms with van der Waals surface area (Å²) in [4.78, 5) is 34.6. The van der Waals surface area contributed by atoms with Gasteiger partial charge in [-0.1, -0.05) is 0 Å². The molecule has 24 heavy (non-hydrogen) atoms. The maximum absolute atomic E-state index is 12.6. The Labute approximate surface area is 140 Å². The van der Waals surface area contributed by atoms with Crippen molar-refractivity contribution in [2.24, 2.45) is 0 Å². The first-order valence-corrected chi connectivity index (χ1v) is 8.07. The number of nitrogens with one attached hydrogen (secondary N) is 1. The van der Waals surface area contributed by atoms with Crippen molar-refractivity contribution in [2.45, 2.75) is 25.8 Å². The van der Waals surface area contributed by atoms with Gasteiger partial charge in [0.15, 0.2) is 0 Å². The second-order valence-electron chi connectivity index (χ2n) is 5.91. The van der Waals surface area contributed by atoms with Gasteiger partial charge in [-0.25, -0.2) is 0 Å². The molecule has 1 fully saturated rings. The molecule has 0 bridgehead atoms. The van der Waals surface area contributed by atoms with Gasteiger partial charge in [-0.3, -0.25) is 19.6 Å². The number of aromatic nitrogens is 2. The molecule has 2 aromatic rings. The summed E-state index contributed by atoms with van der Waals surface area (Å²) in [5.74, 6) is -0.0789. The first kappa shape index (κ1) is 16.1. The predicted molar refractivity (Wildman–Crippen MR) is 89.6 cm³/mol. The molecule has 3 heterocycles. The predicted octanol–water partition coefficient (Wildman–Crippen LogP) is 1.82. The second kappa shape index (κ2) is 7.21. The molecular formula is C18H20N4O2. The Hall–Kier alpha value is -2.76. The highest BCUT2D eigenvalue weighted by Gasteiger charge is 2.25. The van der Waals surface area contributed by atoms with Crippen LogP contribution in [0.2, 0.25) is 0 Å². The van der Waals surface area contributed by atoms with Crippen LogP contribution in [-0.4, -0.2) is 45.8 Å². The third kappa shape index (κ3) is 3.59. The van der Waals surface area contributed by atoms with Crippen molar-refractivity contribution in [3.8, 4) is 0 Å². The SMILES string of the molecule is Cc1ncccc1C(=O)N1CCC(NC(=O)c2ccncc2)CC1. The van der Waals surface area contributed by atoms with E-state index < -0.39 is 0 Å². The van der Waals surface area contributed by atoms with Crippen molar-refractivity contribution in [1.82, 2.24) is 20.2 Å². The minimum absolute atomic E-state index is 0.0134. The van der Waals surface area contributed by atoms with Crippen LogP contribution < -0.4 is 5.32 Å². The van der Waals surface area contributed by atoms with Crippen LogP contribution in [0.3, 0.4) is 0 Å². The van der Waals surface area contributed by atoms with Crippen LogP contribution in [0.4, 0.5) is 0 Å². The molecule has 124 valence electrons. The molecule has 0 aliphatic carbocycles. The van der Waals surface area contributed by atoms with Gasteiger partial charge in [-0.15, -0.1) is 0 Å². The van der Waals surface area contributed by atoms with Crippen molar-refractivity contribution in [3.63, 3.8) is 0 Å². The van der Waals surface area contributed by atoms with Crippen LogP contribution in [0, 0.1) is 6.92 Å². The van der Waals surface area contributed by atoms with Crippen molar-refractivity contribution >= 4 is 11.8 Å². The van der Waals surface area contributed by atoms with Gasteiger partial charge in [0.05, 0.1) is 5.56 Å². The minimum Gasteiger partial charge on any atom is -0.349 e. The molecule has 0 atom stereocenters. The van der Waals surface area contributed by atoms with Gasteiger partial charge in [0.25, 0.3) is 11.8 Å². The number of carbonyl (C=O) groups is 2. The van der Waals surface area contributed by atoms with Crippen LogP contribution in [0.1, 0.15) is 39.3 Å². The number of carbonyl (C=O) groups excluding carboxylic acids is 2. The minimum atomic E-state index is -0.0923. The smallest absolute Gasteiger partial charge is 0.255 e. The lowest BCUT2D eigenvalue weighted by atomic mass is 10.0. The lowest BCUT2D eigenvalue weighted by molar-refractivity contribution is 0.0697. The number of piperidine rings is 1. The summed E-state index contributed by atoms with van der Waals surface area (Å²) in [6.07, 6.45) is 6.40. The van der Waals surface area contributed by atoms with Gasteiger partial charge in [0, 0.05) is 49.0 Å². The van der Waals surface area contributed by atoms with Crippen LogP contribution in [0.15, 0.2) is 42.9 Å². The summed E-state index contributed by atoms with van der Waals surface area (Å²) >= 11 is 0. The van der Waals surface area contributed by atoms with Crippen molar-refractivity contribution in [2.75, 3.05) is 13.1 Å². The Morgan fingerprint density at radius 1 is 1.12 bits per heavy atom. The van der Waals surface area contributed by atoms with E-state index >= 15 is 0 Å². The molecule has 0 radical (unpaired) electrons. The van der Waals surface area contributed by atoms with Gasteiger partial charge < -0.3 is 10.2 Å². The Balaban J connectivity index is 1.55. The van der Waals surface area contributed by atoms with Gasteiger partial charge in [-0.05, 0) is 44.0 Å². The number of pyridine rings is 2. The van der Waals surface area contributed by atoms with Crippen LogP contribution in [0.25, 0.3) is 0 Å². The molecule has 0 spiro atoms. The lowest BCUT2D eigenvalue weighted by Crippen LogP contribution is -2.46. The normalized spacial score (nSPS) is 15.1. The van der Waals surface area contributed by atoms with E-state index in [0.717, 1.165) is 18.5 Å². The summed E-state index contributed by atoms with van der Waals surface area (Å²) < 4.78 is 0. The molecule has 1 saturated heterocycles. The average molecular weight is 324 g/mol. The molecule has 6 heteroatoms. The lowest BCUT2D eigenvalue weighted by Gasteiger charge is -2.32. The Morgan fingerprint density at radius 3 is 2.50 bits per heavy atom. The van der Waals surface area contributed by atoms with E-state index in [1.807, 2.05) is 17.9 Å². The average Bonchev–Trinajstić information content (AvgIpc) is 2.63. The third-order valence-corrected chi connectivity index (χ3v) is 4.30. The fraction of sp³-hybridized carbons (Fsp3) is 0.333. The highest BCUT2D eigenvalue weighted by atomic mass is 16.2. The van der Waals surface area contributed by atoms with E-state index in [-0.39, 0.29) is 17.9 Å². The number of amides is 2. The molecule has 0 saturated carbocycles. The number of hydrogen-bond donors (Lipinski definition) is 1. The number of hydrogen-bond acceptors (Lipinski definition) is 4. The molecule has 6 nitrogen and oxygen atoms in total. The maximum atomic E-state index is 12.6. The largest absolute Gasteiger partial charge is 0.349 e. The first-order valence-electron chi connectivity index (χ1n) is 8.07. The van der Waals surface area contributed by atoms with Crippen LogP contribution in [-0.2, 0) is 0 Å². The Kier molecular flexibility index (Phi) is 4.84. The monoisotopic (exact) mass is 324 g/mol. The quantitative estimate of drug-likeness (QED) is 0.934. The molecular weight excluding hydrogens is 304 g/mol. The Bertz CT molecular complexity index is 725. The van der Waals surface area contributed by atoms with Gasteiger partial charge in [-0.2, -0.15) is 0 Å². The molecule has 1 N–H and O–H groups in total. The van der Waals surface area contributed by atoms with E-state index in [0.29, 0.717) is 24.2 Å². The van der Waals surface area contributed by atoms with E-state index in [1.54, 1.807) is 36.8 Å². The number of rotatable bonds is 3. The summed E-state index contributed by atoms with van der Waals surface area (Å²) in [5, 5.41) is 3.03. The van der Waals surface area contributed by atoms with E-state index in [9.17, 15) is 9.59 Å². The van der Waals surface area contributed by atoms with Crippen molar-refractivity contribution in [3.05, 3.63) is 59.7 Å². The van der Waals surface area contributed by atoms with Gasteiger partial charge in [0.1, 0.15) is 0 Å². The van der Waals surface area contributed by atoms with Gasteiger partial charge in [0.2, 0.25) is 0 Å². The molecule has 2 amide bonds. The van der Waals surface area contributed by atoms with Crippen LogP contribution >= 0.6 is 0 Å². The van der Waals surface area contributed by atoms with E-state index in [2.05, 4.69) is 15.3 Å². The second-order valence-corrected chi connectivity index (χ2v) is 5.91. The molecule has 1 aliphatic rings. The van der Waals surface area contributed by atoms with Crippen LogP contribution in [0.5, 0.6) is 0 Å². The summed E-state index contributed by atoms with van der Waals surface area (Å²) in [6, 6.07) is 7.06. The number of likely N-dealkylation sites (tertiary alicyclic amines) is 1. The molecule has 3 rings (SSSR count). The summed E-state index contributed by atoms with van der Waals surface area (Å²) in [7, 11) is 0. The fourth-order valence-corrected chi connectivity index (χ4v) is 2.88. The van der Waals surface area contributed by atoms with Crippen molar-refractivity contribution < 1.29 is 9.59 Å². The highest BCUT2D eigenvalue weighted by Crippen LogP contribution is 2.15. The fourth-order valence-electron chi connectivity index (χ4n) is 2.88. The summed E-state index contributed by atoms with van der Waals surface area (Å²) in [6.45, 7) is 3.11. The topological polar surface area (TPSA) is 75.2 Å². The number of nitrogens with zero attached hydrogens (tertiary/aromatic N) is 3. The van der Waals surface area contributed by atoms with E-state index in [1.165, 1.54) is 0 Å². The standard InChI is InChI=1S/C18H20N4O2/c1-13-16(3-2-8-20-13)18(24)22-11-6-15(7-12-22)21-17(23)14-4-9-19-10-5-14/h2-5,8-10,15H,6-7,11-12H2,1H3,(H,21,23). The third-order valence-electron chi connectivity index (χ3n) is 4.30. The Morgan fingerprint density at radius 2 is 1.83 bits per heavy atom. The zero-order valence-corrected chi connectivity index (χ0v) is 13.6. The van der Waals surface area contributed by atoms with Gasteiger partial charge >= 0.3 is 0 Å². The zero-order chi connectivity index (χ0) is 16.9. The number of aryl methyl sites for hydroxylation is 1. The maximum Gasteiger partial charge on any atom is 0.255 e. The highest BCUT2D eigenvalue weighted by molar-refractivity contribution is 5.95. The molecule has 2 aromatic heterocycles. The van der Waals surface area contributed by atoms with E-state index in [4.69, 9.17) is 0 Å².